The van der Waals surface area contributed by atoms with Crippen molar-refractivity contribution in [2.45, 2.75) is 38.6 Å². The molecule has 1 fully saturated rings. The van der Waals surface area contributed by atoms with Crippen LogP contribution in [0.25, 0.3) is 6.08 Å². The molecule has 1 heterocycles. The van der Waals surface area contributed by atoms with E-state index < -0.39 is 5.54 Å². The number of nitrogens with zero attached hydrogens (tertiary/aromatic N) is 2. The quantitative estimate of drug-likeness (QED) is 0.820. The van der Waals surface area contributed by atoms with Gasteiger partial charge < -0.3 is 19.3 Å². The molecule has 2 aromatic rings. The average Bonchev–Trinajstić information content (AvgIpc) is 3.03. The van der Waals surface area contributed by atoms with Crippen molar-refractivity contribution in [3.8, 4) is 11.5 Å². The number of carbonyl (C=O) groups excluding carboxylic acids is 1. The second-order valence-corrected chi connectivity index (χ2v) is 6.32. The lowest BCUT2D eigenvalue weighted by molar-refractivity contribution is -0.126. The minimum absolute atomic E-state index is 0.113. The number of allylic oxidation sites excluding steroid dienone is 1. The summed E-state index contributed by atoms with van der Waals surface area (Å²) in [5.41, 5.74) is 0.458. The molecule has 0 saturated heterocycles. The molecule has 3 rings (SSSR count). The highest BCUT2D eigenvalue weighted by molar-refractivity contribution is 5.78. The number of aryl methyl sites for hydroxylation is 1. The van der Waals surface area contributed by atoms with E-state index in [2.05, 4.69) is 15.5 Å². The molecule has 1 aliphatic carbocycles. The van der Waals surface area contributed by atoms with Gasteiger partial charge in [0.1, 0.15) is 5.54 Å². The summed E-state index contributed by atoms with van der Waals surface area (Å²) in [4.78, 5) is 16.7. The number of rotatable bonds is 7. The Hall–Kier alpha value is -2.83. The van der Waals surface area contributed by atoms with Crippen molar-refractivity contribution < 1.29 is 18.8 Å². The van der Waals surface area contributed by atoms with Crippen LogP contribution in [0.2, 0.25) is 0 Å². The molecule has 1 aromatic carbocycles. The summed E-state index contributed by atoms with van der Waals surface area (Å²) in [6, 6.07) is 5.57. The molecule has 26 heavy (non-hydrogen) atoms. The molecule has 7 heteroatoms. The number of nitrogens with one attached hydrogen (secondary N) is 1. The van der Waals surface area contributed by atoms with Crippen molar-refractivity contribution in [3.05, 3.63) is 41.6 Å². The van der Waals surface area contributed by atoms with Gasteiger partial charge in [0.2, 0.25) is 5.89 Å². The van der Waals surface area contributed by atoms with Crippen molar-refractivity contribution >= 4 is 12.0 Å². The number of carbonyl (C=O) groups is 1. The Balaban J connectivity index is 1.64. The van der Waals surface area contributed by atoms with Gasteiger partial charge >= 0.3 is 0 Å². The van der Waals surface area contributed by atoms with Gasteiger partial charge in [-0.1, -0.05) is 23.4 Å². The van der Waals surface area contributed by atoms with Crippen LogP contribution in [0.15, 0.2) is 28.8 Å². The zero-order valence-corrected chi connectivity index (χ0v) is 15.2. The number of hydrogen-bond donors (Lipinski definition) is 1. The van der Waals surface area contributed by atoms with Crippen molar-refractivity contribution in [2.75, 3.05) is 13.7 Å². The smallest absolute Gasteiger partial charge is 0.258 e. The van der Waals surface area contributed by atoms with Crippen LogP contribution in [0.5, 0.6) is 11.5 Å². The Kier molecular flexibility index (Phi) is 5.25. The number of hydrogen-bond acceptors (Lipinski definition) is 6. The molecular weight excluding hydrogens is 334 g/mol. The highest BCUT2D eigenvalue weighted by atomic mass is 16.5. The molecule has 7 nitrogen and oxygen atoms in total. The molecule has 1 N–H and O–H groups in total. The molecule has 0 bridgehead atoms. The molecule has 138 valence electrons. The molecule has 0 radical (unpaired) electrons. The summed E-state index contributed by atoms with van der Waals surface area (Å²) in [6.07, 6.45) is 6.50. The van der Waals surface area contributed by atoms with E-state index in [-0.39, 0.29) is 12.5 Å². The van der Waals surface area contributed by atoms with Gasteiger partial charge in [-0.25, -0.2) is 0 Å². The van der Waals surface area contributed by atoms with Crippen molar-refractivity contribution in [3.63, 3.8) is 0 Å². The van der Waals surface area contributed by atoms with Crippen molar-refractivity contribution in [2.24, 2.45) is 0 Å². The van der Waals surface area contributed by atoms with Gasteiger partial charge in [0.25, 0.3) is 5.91 Å². The maximum absolute atomic E-state index is 12.4. The maximum atomic E-state index is 12.4. The minimum Gasteiger partial charge on any atom is -0.493 e. The zero-order chi connectivity index (χ0) is 18.6. The number of benzene rings is 1. The van der Waals surface area contributed by atoms with Gasteiger partial charge in [-0.05, 0) is 43.9 Å². The van der Waals surface area contributed by atoms with E-state index in [0.29, 0.717) is 23.2 Å². The number of methoxy groups -OCH3 is 1. The summed E-state index contributed by atoms with van der Waals surface area (Å²) in [5, 5.41) is 6.97. The van der Waals surface area contributed by atoms with Gasteiger partial charge in [0.05, 0.1) is 7.11 Å². The second kappa shape index (κ2) is 7.59. The van der Waals surface area contributed by atoms with Crippen LogP contribution in [0, 0.1) is 6.92 Å². The Morgan fingerprint density at radius 3 is 2.77 bits per heavy atom. The Morgan fingerprint density at radius 2 is 2.19 bits per heavy atom. The van der Waals surface area contributed by atoms with Crippen LogP contribution in [-0.2, 0) is 10.3 Å². The third-order valence-corrected chi connectivity index (χ3v) is 4.45. The molecular formula is C19H23N3O4. The van der Waals surface area contributed by atoms with E-state index in [1.54, 1.807) is 20.1 Å². The molecule has 1 aromatic heterocycles. The first kappa shape index (κ1) is 18.0. The maximum Gasteiger partial charge on any atom is 0.258 e. The second-order valence-electron chi connectivity index (χ2n) is 6.32. The highest BCUT2D eigenvalue weighted by Crippen LogP contribution is 2.39. The Bertz CT molecular complexity index is 809. The molecule has 1 saturated carbocycles. The number of amides is 1. The standard InChI is InChI=1S/C19H23N3O4/c1-4-6-14-7-8-15(16(11-14)24-3)25-12-17(23)21-19(9-5-10-19)18-20-13(2)26-22-18/h4,6-8,11H,5,9-10,12H2,1-3H3,(H,21,23). The van der Waals surface area contributed by atoms with Crippen LogP contribution in [0.1, 0.15) is 43.5 Å². The van der Waals surface area contributed by atoms with Crippen molar-refractivity contribution in [1.82, 2.24) is 15.5 Å². The molecule has 1 aliphatic rings. The van der Waals surface area contributed by atoms with E-state index in [1.165, 1.54) is 0 Å². The monoisotopic (exact) mass is 357 g/mol. The molecule has 0 aliphatic heterocycles. The molecule has 1 amide bonds. The fourth-order valence-electron chi connectivity index (χ4n) is 2.97. The normalized spacial score (nSPS) is 15.5. The summed E-state index contributed by atoms with van der Waals surface area (Å²) < 4.78 is 16.1. The number of ether oxygens (including phenoxy) is 2. The summed E-state index contributed by atoms with van der Waals surface area (Å²) in [5.74, 6) is 1.90. The molecule has 0 atom stereocenters. The van der Waals surface area contributed by atoms with Crippen LogP contribution >= 0.6 is 0 Å². The highest BCUT2D eigenvalue weighted by Gasteiger charge is 2.44. The zero-order valence-electron chi connectivity index (χ0n) is 15.2. The summed E-state index contributed by atoms with van der Waals surface area (Å²) in [7, 11) is 1.57. The van der Waals surface area contributed by atoms with E-state index in [1.807, 2.05) is 31.2 Å². The first-order valence-corrected chi connectivity index (χ1v) is 8.61. The molecule has 0 spiro atoms. The van der Waals surface area contributed by atoms with Crippen LogP contribution in [0.4, 0.5) is 0 Å². The summed E-state index contributed by atoms with van der Waals surface area (Å²) >= 11 is 0. The predicted octanol–water partition coefficient (Wildman–Crippen LogP) is 2.99. The average molecular weight is 357 g/mol. The van der Waals surface area contributed by atoms with Gasteiger partial charge in [0, 0.05) is 6.92 Å². The van der Waals surface area contributed by atoms with Crippen molar-refractivity contribution in [1.29, 1.82) is 0 Å². The number of aromatic nitrogens is 2. The lowest BCUT2D eigenvalue weighted by Gasteiger charge is -2.39. The third-order valence-electron chi connectivity index (χ3n) is 4.45. The van der Waals surface area contributed by atoms with Gasteiger partial charge in [0.15, 0.2) is 23.9 Å². The molecule has 0 unspecified atom stereocenters. The SMILES string of the molecule is CC=Cc1ccc(OCC(=O)NC2(c3noc(C)n3)CCC2)c(OC)c1. The van der Waals surface area contributed by atoms with Gasteiger partial charge in [-0.3, -0.25) is 4.79 Å². The summed E-state index contributed by atoms with van der Waals surface area (Å²) in [6.45, 7) is 3.57. The Labute approximate surface area is 152 Å². The van der Waals surface area contributed by atoms with Crippen LogP contribution in [0.3, 0.4) is 0 Å². The van der Waals surface area contributed by atoms with E-state index in [0.717, 1.165) is 24.8 Å². The van der Waals surface area contributed by atoms with E-state index in [9.17, 15) is 4.79 Å². The first-order chi connectivity index (χ1) is 12.6. The third kappa shape index (κ3) is 3.71. The lowest BCUT2D eigenvalue weighted by atomic mass is 9.76. The van der Waals surface area contributed by atoms with Crippen LogP contribution in [-0.4, -0.2) is 29.8 Å². The van der Waals surface area contributed by atoms with Crippen LogP contribution < -0.4 is 14.8 Å². The van der Waals surface area contributed by atoms with E-state index >= 15 is 0 Å². The van der Waals surface area contributed by atoms with E-state index in [4.69, 9.17) is 14.0 Å². The van der Waals surface area contributed by atoms with Gasteiger partial charge in [-0.2, -0.15) is 4.98 Å². The minimum atomic E-state index is -0.544. The fourth-order valence-corrected chi connectivity index (χ4v) is 2.97. The lowest BCUT2D eigenvalue weighted by Crippen LogP contribution is -2.52. The van der Waals surface area contributed by atoms with Gasteiger partial charge in [-0.15, -0.1) is 0 Å². The first-order valence-electron chi connectivity index (χ1n) is 8.61. The predicted molar refractivity (Wildman–Crippen MR) is 95.9 cm³/mol. The topological polar surface area (TPSA) is 86.5 Å². The Morgan fingerprint density at radius 1 is 1.38 bits per heavy atom. The fraction of sp³-hybridized carbons (Fsp3) is 0.421. The largest absolute Gasteiger partial charge is 0.493 e.